The molecule has 2 rings (SSSR count). The number of piperazine rings is 2. The van der Waals surface area contributed by atoms with Crippen molar-refractivity contribution >= 4 is 23.6 Å². The van der Waals surface area contributed by atoms with Crippen LogP contribution in [-0.4, -0.2) is 65.8 Å². The molecule has 2 heterocycles. The summed E-state index contributed by atoms with van der Waals surface area (Å²) >= 11 is 0. The van der Waals surface area contributed by atoms with Crippen LogP contribution in [-0.2, 0) is 19.2 Å². The molecule has 0 bridgehead atoms. The maximum absolute atomic E-state index is 11.3. The van der Waals surface area contributed by atoms with Crippen molar-refractivity contribution in [3.8, 4) is 0 Å². The Hall–Kier alpha value is -1.80. The first-order chi connectivity index (χ1) is 8.45. The van der Waals surface area contributed by atoms with Crippen molar-refractivity contribution in [2.24, 2.45) is 0 Å². The Balaban J connectivity index is 2.03. The lowest BCUT2D eigenvalue weighted by atomic mass is 10.2. The van der Waals surface area contributed by atoms with E-state index in [1.807, 2.05) is 0 Å². The van der Waals surface area contributed by atoms with Crippen LogP contribution in [0.3, 0.4) is 0 Å². The predicted octanol–water partition coefficient (Wildman–Crippen LogP) is -2.75. The van der Waals surface area contributed by atoms with Crippen molar-refractivity contribution in [2.45, 2.75) is 13.1 Å². The number of imide groups is 2. The monoisotopic (exact) mass is 254 g/mol. The standard InChI is InChI=1S/C10H14N4O4/c1-6(13-2-7(15)11-8(16)3-13)14-4-9(17)12-10(18)5-14/h6H,2-5H2,1H3,(H,11,15,16)(H,12,17,18). The first kappa shape index (κ1) is 12.7. The van der Waals surface area contributed by atoms with Gasteiger partial charge in [-0.05, 0) is 6.92 Å². The molecular weight excluding hydrogens is 240 g/mol. The van der Waals surface area contributed by atoms with Gasteiger partial charge in [0, 0.05) is 0 Å². The quantitative estimate of drug-likeness (QED) is 0.518. The number of rotatable bonds is 2. The number of carbonyl (C=O) groups is 4. The summed E-state index contributed by atoms with van der Waals surface area (Å²) in [6.45, 7) is 2.09. The van der Waals surface area contributed by atoms with E-state index >= 15 is 0 Å². The second-order valence-corrected chi connectivity index (χ2v) is 4.38. The van der Waals surface area contributed by atoms with E-state index in [0.29, 0.717) is 0 Å². The summed E-state index contributed by atoms with van der Waals surface area (Å²) in [5.74, 6) is -1.48. The summed E-state index contributed by atoms with van der Waals surface area (Å²) in [6.07, 6.45) is -0.324. The molecule has 2 fully saturated rings. The minimum absolute atomic E-state index is 0.0826. The third kappa shape index (κ3) is 2.71. The Labute approximate surface area is 103 Å². The fourth-order valence-corrected chi connectivity index (χ4v) is 2.08. The van der Waals surface area contributed by atoms with Gasteiger partial charge in [0.05, 0.1) is 32.3 Å². The van der Waals surface area contributed by atoms with Crippen molar-refractivity contribution in [1.82, 2.24) is 20.4 Å². The topological polar surface area (TPSA) is 98.8 Å². The Morgan fingerprint density at radius 3 is 1.33 bits per heavy atom. The molecule has 0 spiro atoms. The molecule has 2 aliphatic rings. The highest BCUT2D eigenvalue weighted by Gasteiger charge is 2.33. The van der Waals surface area contributed by atoms with E-state index in [9.17, 15) is 19.2 Å². The first-order valence-electron chi connectivity index (χ1n) is 5.59. The van der Waals surface area contributed by atoms with Crippen LogP contribution in [0, 0.1) is 0 Å². The average Bonchev–Trinajstić information content (AvgIpc) is 2.25. The highest BCUT2D eigenvalue weighted by molar-refractivity contribution is 6.00. The molecule has 0 aromatic rings. The van der Waals surface area contributed by atoms with E-state index in [1.165, 1.54) is 0 Å². The zero-order chi connectivity index (χ0) is 13.3. The second kappa shape index (κ2) is 4.83. The van der Waals surface area contributed by atoms with Gasteiger partial charge in [-0.3, -0.25) is 39.6 Å². The van der Waals surface area contributed by atoms with E-state index in [0.717, 1.165) is 0 Å². The zero-order valence-corrected chi connectivity index (χ0v) is 9.93. The van der Waals surface area contributed by atoms with E-state index in [4.69, 9.17) is 0 Å². The molecule has 2 N–H and O–H groups in total. The summed E-state index contributed by atoms with van der Waals surface area (Å²) in [7, 11) is 0. The molecule has 2 saturated heterocycles. The zero-order valence-electron chi connectivity index (χ0n) is 9.93. The molecule has 0 saturated carbocycles. The van der Waals surface area contributed by atoms with Gasteiger partial charge >= 0.3 is 0 Å². The van der Waals surface area contributed by atoms with Crippen molar-refractivity contribution in [2.75, 3.05) is 26.2 Å². The molecule has 8 heteroatoms. The minimum Gasteiger partial charge on any atom is -0.294 e. The molecule has 98 valence electrons. The Morgan fingerprint density at radius 1 is 0.778 bits per heavy atom. The van der Waals surface area contributed by atoms with Crippen LogP contribution in [0.4, 0.5) is 0 Å². The van der Waals surface area contributed by atoms with Gasteiger partial charge in [-0.15, -0.1) is 0 Å². The van der Waals surface area contributed by atoms with Crippen LogP contribution in [0.1, 0.15) is 6.92 Å². The number of hydrogen-bond donors (Lipinski definition) is 2. The van der Waals surface area contributed by atoms with Gasteiger partial charge in [-0.1, -0.05) is 0 Å². The molecule has 0 radical (unpaired) electrons. The van der Waals surface area contributed by atoms with Crippen molar-refractivity contribution < 1.29 is 19.2 Å². The van der Waals surface area contributed by atoms with Gasteiger partial charge in [0.2, 0.25) is 23.6 Å². The van der Waals surface area contributed by atoms with E-state index in [-0.39, 0.29) is 56.0 Å². The second-order valence-electron chi connectivity index (χ2n) is 4.38. The summed E-state index contributed by atoms with van der Waals surface area (Å²) in [4.78, 5) is 48.3. The van der Waals surface area contributed by atoms with Crippen LogP contribution < -0.4 is 10.6 Å². The summed E-state index contributed by atoms with van der Waals surface area (Å²) < 4.78 is 0. The van der Waals surface area contributed by atoms with Gasteiger partial charge in [0.1, 0.15) is 0 Å². The van der Waals surface area contributed by atoms with Gasteiger partial charge in [0.25, 0.3) is 0 Å². The Kier molecular flexibility index (Phi) is 3.39. The minimum atomic E-state index is -0.370. The van der Waals surface area contributed by atoms with Crippen LogP contribution in [0.5, 0.6) is 0 Å². The SMILES string of the molecule is CC(N1CC(=O)NC(=O)C1)N1CC(=O)NC(=O)C1. The normalized spacial score (nSPS) is 23.2. The first-order valence-corrected chi connectivity index (χ1v) is 5.59. The van der Waals surface area contributed by atoms with Crippen LogP contribution in [0.25, 0.3) is 0 Å². The smallest absolute Gasteiger partial charge is 0.240 e. The van der Waals surface area contributed by atoms with Gasteiger partial charge < -0.3 is 0 Å². The predicted molar refractivity (Wildman–Crippen MR) is 58.9 cm³/mol. The fraction of sp³-hybridized carbons (Fsp3) is 0.600. The maximum atomic E-state index is 11.3. The molecule has 0 aromatic heterocycles. The van der Waals surface area contributed by atoms with Gasteiger partial charge in [0.15, 0.2) is 0 Å². The maximum Gasteiger partial charge on any atom is 0.240 e. The van der Waals surface area contributed by atoms with E-state index in [1.54, 1.807) is 16.7 Å². The summed E-state index contributed by atoms with van der Waals surface area (Å²) in [5, 5.41) is 4.40. The summed E-state index contributed by atoms with van der Waals surface area (Å²) in [5.41, 5.74) is 0. The van der Waals surface area contributed by atoms with Crippen molar-refractivity contribution in [3.05, 3.63) is 0 Å². The largest absolute Gasteiger partial charge is 0.294 e. The lowest BCUT2D eigenvalue weighted by Crippen LogP contribution is -2.62. The highest BCUT2D eigenvalue weighted by atomic mass is 16.2. The number of hydrogen-bond acceptors (Lipinski definition) is 6. The molecule has 4 amide bonds. The van der Waals surface area contributed by atoms with Gasteiger partial charge in [-0.25, -0.2) is 0 Å². The van der Waals surface area contributed by atoms with E-state index < -0.39 is 0 Å². The van der Waals surface area contributed by atoms with E-state index in [2.05, 4.69) is 10.6 Å². The third-order valence-electron chi connectivity index (χ3n) is 3.00. The highest BCUT2D eigenvalue weighted by Crippen LogP contribution is 2.09. The molecule has 18 heavy (non-hydrogen) atoms. The number of nitrogens with zero attached hydrogens (tertiary/aromatic N) is 2. The average molecular weight is 254 g/mol. The summed E-state index contributed by atoms with van der Waals surface area (Å²) in [6, 6.07) is 0. The number of amides is 4. The van der Waals surface area contributed by atoms with Crippen LogP contribution in [0.2, 0.25) is 0 Å². The fourth-order valence-electron chi connectivity index (χ4n) is 2.08. The lowest BCUT2D eigenvalue weighted by Gasteiger charge is -2.39. The molecular formula is C10H14N4O4. The molecule has 0 atom stereocenters. The molecule has 0 aliphatic carbocycles. The lowest BCUT2D eigenvalue weighted by molar-refractivity contribution is -0.142. The Bertz CT molecular complexity index is 352. The van der Waals surface area contributed by atoms with Crippen LogP contribution >= 0.6 is 0 Å². The molecule has 8 nitrogen and oxygen atoms in total. The number of nitrogens with one attached hydrogen (secondary N) is 2. The molecule has 0 aromatic carbocycles. The number of carbonyl (C=O) groups excluding carboxylic acids is 4. The molecule has 0 unspecified atom stereocenters. The molecule has 2 aliphatic heterocycles. The Morgan fingerprint density at radius 2 is 1.06 bits per heavy atom. The van der Waals surface area contributed by atoms with Crippen LogP contribution in [0.15, 0.2) is 0 Å². The third-order valence-corrected chi connectivity index (χ3v) is 3.00. The van der Waals surface area contributed by atoms with Crippen molar-refractivity contribution in [1.29, 1.82) is 0 Å². The van der Waals surface area contributed by atoms with Gasteiger partial charge in [-0.2, -0.15) is 0 Å². The van der Waals surface area contributed by atoms with Crippen molar-refractivity contribution in [3.63, 3.8) is 0 Å².